The van der Waals surface area contributed by atoms with Gasteiger partial charge >= 0.3 is 0 Å². The van der Waals surface area contributed by atoms with E-state index in [1.165, 1.54) is 54.3 Å². The molecular weight excluding hydrogens is 270 g/mol. The molecule has 0 bridgehead atoms. The van der Waals surface area contributed by atoms with Crippen LogP contribution in [0, 0.1) is 6.92 Å². The van der Waals surface area contributed by atoms with Gasteiger partial charge in [0.2, 0.25) is 0 Å². The van der Waals surface area contributed by atoms with Crippen molar-refractivity contribution >= 4 is 10.9 Å². The lowest BCUT2D eigenvalue weighted by molar-refractivity contribution is 0.361. The summed E-state index contributed by atoms with van der Waals surface area (Å²) in [6.07, 6.45) is 9.07. The molecule has 3 heteroatoms. The summed E-state index contributed by atoms with van der Waals surface area (Å²) in [6, 6.07) is 11.9. The first-order valence-electron chi connectivity index (χ1n) is 8.34. The van der Waals surface area contributed by atoms with Gasteiger partial charge in [0.1, 0.15) is 0 Å². The summed E-state index contributed by atoms with van der Waals surface area (Å²) >= 11 is 0. The van der Waals surface area contributed by atoms with Gasteiger partial charge in [-0.25, -0.2) is 0 Å². The molecule has 2 heterocycles. The van der Waals surface area contributed by atoms with Crippen molar-refractivity contribution in [2.45, 2.75) is 45.1 Å². The van der Waals surface area contributed by atoms with Crippen LogP contribution in [0.5, 0.6) is 0 Å². The fourth-order valence-electron chi connectivity index (χ4n) is 3.88. The van der Waals surface area contributed by atoms with E-state index in [2.05, 4.69) is 46.2 Å². The Balaban J connectivity index is 1.75. The maximum atomic E-state index is 4.46. The van der Waals surface area contributed by atoms with E-state index >= 15 is 0 Å². The molecule has 4 rings (SSSR count). The van der Waals surface area contributed by atoms with Crippen LogP contribution in [0.15, 0.2) is 36.5 Å². The minimum absolute atomic E-state index is 0.691. The Morgan fingerprint density at radius 2 is 1.86 bits per heavy atom. The molecular formula is C19H23N3. The molecule has 1 aromatic carbocycles. The third-order valence-corrected chi connectivity index (χ3v) is 4.99. The normalized spacial score (nSPS) is 16.5. The van der Waals surface area contributed by atoms with Gasteiger partial charge in [0.05, 0.1) is 11.4 Å². The van der Waals surface area contributed by atoms with Crippen molar-refractivity contribution in [2.75, 3.05) is 0 Å². The van der Waals surface area contributed by atoms with Crippen LogP contribution in [0.4, 0.5) is 0 Å². The van der Waals surface area contributed by atoms with Crippen molar-refractivity contribution in [3.8, 4) is 11.3 Å². The molecule has 1 aliphatic rings. The molecule has 0 spiro atoms. The number of hydrogen-bond acceptors (Lipinski definition) is 1. The van der Waals surface area contributed by atoms with Crippen LogP contribution in [0.3, 0.4) is 0 Å². The zero-order valence-corrected chi connectivity index (χ0v) is 13.4. The molecule has 114 valence electrons. The quantitative estimate of drug-likeness (QED) is 0.662. The van der Waals surface area contributed by atoms with Crippen molar-refractivity contribution in [3.05, 3.63) is 42.2 Å². The van der Waals surface area contributed by atoms with Crippen LogP contribution in [-0.4, -0.2) is 14.3 Å². The Kier molecular flexibility index (Phi) is 3.29. The molecule has 0 unspecified atom stereocenters. The van der Waals surface area contributed by atoms with Crippen LogP contribution in [0.25, 0.3) is 22.2 Å². The number of nitrogens with zero attached hydrogens (tertiary/aromatic N) is 3. The van der Waals surface area contributed by atoms with Gasteiger partial charge < -0.3 is 4.57 Å². The molecule has 3 nitrogen and oxygen atoms in total. The Bertz CT molecular complexity index is 803. The third-order valence-electron chi connectivity index (χ3n) is 4.99. The zero-order chi connectivity index (χ0) is 15.1. The van der Waals surface area contributed by atoms with E-state index in [4.69, 9.17) is 0 Å². The van der Waals surface area contributed by atoms with E-state index in [0.29, 0.717) is 6.04 Å². The standard InChI is InChI=1S/C19H23N3/c1-14-12-19(21(2)20-14)15-8-9-18-16(13-15)10-11-22(18)17-6-4-3-5-7-17/h8-13,17H,3-7H2,1-2H3. The van der Waals surface area contributed by atoms with Gasteiger partial charge in [-0.15, -0.1) is 0 Å². The van der Waals surface area contributed by atoms with E-state index in [1.807, 2.05) is 18.7 Å². The van der Waals surface area contributed by atoms with Crippen molar-refractivity contribution in [1.29, 1.82) is 0 Å². The summed E-state index contributed by atoms with van der Waals surface area (Å²) in [5, 5.41) is 5.79. The summed E-state index contributed by atoms with van der Waals surface area (Å²) in [7, 11) is 2.01. The highest BCUT2D eigenvalue weighted by atomic mass is 15.3. The van der Waals surface area contributed by atoms with Gasteiger partial charge in [0.15, 0.2) is 0 Å². The lowest BCUT2D eigenvalue weighted by Gasteiger charge is -2.24. The minimum atomic E-state index is 0.691. The topological polar surface area (TPSA) is 22.8 Å². The first kappa shape index (κ1) is 13.6. The van der Waals surface area contributed by atoms with Gasteiger partial charge in [-0.2, -0.15) is 5.10 Å². The van der Waals surface area contributed by atoms with Gasteiger partial charge in [0.25, 0.3) is 0 Å². The summed E-state index contributed by atoms with van der Waals surface area (Å²) in [6.45, 7) is 2.04. The number of hydrogen-bond donors (Lipinski definition) is 0. The second-order valence-corrected chi connectivity index (χ2v) is 6.58. The number of aromatic nitrogens is 3. The smallest absolute Gasteiger partial charge is 0.0681 e. The predicted molar refractivity (Wildman–Crippen MR) is 91.0 cm³/mol. The summed E-state index contributed by atoms with van der Waals surface area (Å²) in [5.41, 5.74) is 4.87. The molecule has 22 heavy (non-hydrogen) atoms. The Morgan fingerprint density at radius 1 is 1.05 bits per heavy atom. The fourth-order valence-corrected chi connectivity index (χ4v) is 3.88. The largest absolute Gasteiger partial charge is 0.344 e. The van der Waals surface area contributed by atoms with Gasteiger partial charge in [-0.3, -0.25) is 4.68 Å². The predicted octanol–water partition coefficient (Wildman–Crippen LogP) is 4.86. The lowest BCUT2D eigenvalue weighted by Crippen LogP contribution is -2.11. The van der Waals surface area contributed by atoms with E-state index in [9.17, 15) is 0 Å². The lowest BCUT2D eigenvalue weighted by atomic mass is 9.95. The summed E-state index contributed by atoms with van der Waals surface area (Å²) in [5.74, 6) is 0. The summed E-state index contributed by atoms with van der Waals surface area (Å²) < 4.78 is 4.46. The fraction of sp³-hybridized carbons (Fsp3) is 0.421. The Labute approximate surface area is 131 Å². The second kappa shape index (κ2) is 5.31. The van der Waals surface area contributed by atoms with Gasteiger partial charge in [-0.1, -0.05) is 25.3 Å². The van der Waals surface area contributed by atoms with Gasteiger partial charge in [-0.05, 0) is 44.0 Å². The van der Waals surface area contributed by atoms with Crippen molar-refractivity contribution in [1.82, 2.24) is 14.3 Å². The molecule has 0 atom stereocenters. The molecule has 0 radical (unpaired) electrons. The highest BCUT2D eigenvalue weighted by Crippen LogP contribution is 2.33. The summed E-state index contributed by atoms with van der Waals surface area (Å²) in [4.78, 5) is 0. The monoisotopic (exact) mass is 293 g/mol. The Morgan fingerprint density at radius 3 is 2.59 bits per heavy atom. The molecule has 0 N–H and O–H groups in total. The van der Waals surface area contributed by atoms with Gasteiger partial charge in [0, 0.05) is 35.8 Å². The van der Waals surface area contributed by atoms with Crippen molar-refractivity contribution < 1.29 is 0 Å². The number of rotatable bonds is 2. The highest BCUT2D eigenvalue weighted by Gasteiger charge is 2.17. The third kappa shape index (κ3) is 2.25. The highest BCUT2D eigenvalue weighted by molar-refractivity contribution is 5.85. The maximum absolute atomic E-state index is 4.46. The van der Waals surface area contributed by atoms with Crippen LogP contribution >= 0.6 is 0 Å². The molecule has 2 aromatic heterocycles. The second-order valence-electron chi connectivity index (χ2n) is 6.58. The first-order chi connectivity index (χ1) is 10.7. The van der Waals surface area contributed by atoms with E-state index in [0.717, 1.165) is 5.69 Å². The molecule has 1 fully saturated rings. The number of aryl methyl sites for hydroxylation is 2. The molecule has 1 aliphatic carbocycles. The van der Waals surface area contributed by atoms with E-state index in [-0.39, 0.29) is 0 Å². The SMILES string of the molecule is Cc1cc(-c2ccc3c(ccn3C3CCCCC3)c2)n(C)n1. The zero-order valence-electron chi connectivity index (χ0n) is 13.4. The van der Waals surface area contributed by atoms with Crippen LogP contribution in [-0.2, 0) is 7.05 Å². The van der Waals surface area contributed by atoms with Crippen molar-refractivity contribution in [3.63, 3.8) is 0 Å². The number of benzene rings is 1. The van der Waals surface area contributed by atoms with E-state index in [1.54, 1.807) is 0 Å². The average Bonchev–Trinajstić information content (AvgIpc) is 3.10. The van der Waals surface area contributed by atoms with Crippen molar-refractivity contribution in [2.24, 2.45) is 7.05 Å². The molecule has 0 saturated heterocycles. The molecule has 3 aromatic rings. The molecule has 0 aliphatic heterocycles. The molecule has 1 saturated carbocycles. The number of fused-ring (bicyclic) bond motifs is 1. The van der Waals surface area contributed by atoms with Crippen LogP contribution in [0.2, 0.25) is 0 Å². The first-order valence-corrected chi connectivity index (χ1v) is 8.34. The van der Waals surface area contributed by atoms with E-state index < -0.39 is 0 Å². The Hall–Kier alpha value is -2.03. The molecule has 0 amide bonds. The van der Waals surface area contributed by atoms with Crippen LogP contribution < -0.4 is 0 Å². The minimum Gasteiger partial charge on any atom is -0.344 e. The average molecular weight is 293 g/mol. The maximum Gasteiger partial charge on any atom is 0.0681 e. The van der Waals surface area contributed by atoms with Crippen LogP contribution in [0.1, 0.15) is 43.8 Å².